The molecule has 0 bridgehead atoms. The summed E-state index contributed by atoms with van der Waals surface area (Å²) >= 11 is 6.08. The summed E-state index contributed by atoms with van der Waals surface area (Å²) in [6.07, 6.45) is 6.03. The van der Waals surface area contributed by atoms with Gasteiger partial charge in [0.05, 0.1) is 18.7 Å². The van der Waals surface area contributed by atoms with E-state index < -0.39 is 5.82 Å². The third-order valence-electron chi connectivity index (χ3n) is 6.66. The van der Waals surface area contributed by atoms with E-state index in [2.05, 4.69) is 5.32 Å². The van der Waals surface area contributed by atoms with Crippen LogP contribution in [0.1, 0.15) is 40.4 Å². The highest BCUT2D eigenvalue weighted by Gasteiger charge is 2.35. The molecule has 0 radical (unpaired) electrons. The summed E-state index contributed by atoms with van der Waals surface area (Å²) in [5, 5.41) is 12.1. The molecule has 1 aromatic heterocycles. The first kappa shape index (κ1) is 26.0. The lowest BCUT2D eigenvalue weighted by Gasteiger charge is -2.22. The molecule has 1 amide bonds. The van der Waals surface area contributed by atoms with Gasteiger partial charge in [0.25, 0.3) is 5.91 Å². The van der Waals surface area contributed by atoms with Gasteiger partial charge in [-0.3, -0.25) is 4.79 Å². The molecule has 1 atom stereocenters. The van der Waals surface area contributed by atoms with Crippen LogP contribution in [-0.2, 0) is 0 Å². The van der Waals surface area contributed by atoms with Crippen LogP contribution in [0.5, 0.6) is 17.2 Å². The number of methoxy groups -OCH3 is 1. The smallest absolute Gasteiger partial charge is 0.251 e. The molecule has 2 aliphatic rings. The van der Waals surface area contributed by atoms with Crippen LogP contribution in [0.2, 0.25) is 5.02 Å². The first-order chi connectivity index (χ1) is 18.5. The van der Waals surface area contributed by atoms with Gasteiger partial charge in [0, 0.05) is 34.8 Å². The zero-order valence-corrected chi connectivity index (χ0v) is 21.6. The van der Waals surface area contributed by atoms with E-state index in [1.807, 2.05) is 18.2 Å². The van der Waals surface area contributed by atoms with Crippen LogP contribution in [0.3, 0.4) is 0 Å². The van der Waals surface area contributed by atoms with E-state index in [4.69, 9.17) is 35.9 Å². The number of nitrogens with zero attached hydrogens (tertiary/aromatic N) is 1. The number of aliphatic hydroxyl groups is 1. The van der Waals surface area contributed by atoms with E-state index in [1.165, 1.54) is 13.2 Å². The van der Waals surface area contributed by atoms with Crippen molar-refractivity contribution in [2.75, 3.05) is 33.5 Å². The first-order valence-corrected chi connectivity index (χ1v) is 12.9. The highest BCUT2D eigenvalue weighted by Crippen LogP contribution is 2.44. The molecule has 0 spiro atoms. The highest BCUT2D eigenvalue weighted by molar-refractivity contribution is 6.31. The molecule has 38 heavy (non-hydrogen) atoms. The van der Waals surface area contributed by atoms with Gasteiger partial charge in [0.1, 0.15) is 24.7 Å². The molecule has 9 heteroatoms. The van der Waals surface area contributed by atoms with Crippen molar-refractivity contribution in [1.82, 2.24) is 10.3 Å². The third kappa shape index (κ3) is 5.61. The van der Waals surface area contributed by atoms with E-state index in [0.29, 0.717) is 53.1 Å². The van der Waals surface area contributed by atoms with Crippen LogP contribution < -0.4 is 19.5 Å². The Balaban J connectivity index is 1.41. The summed E-state index contributed by atoms with van der Waals surface area (Å²) in [6.45, 7) is 0.827. The molecule has 2 N–H and O–H groups in total. The Bertz CT molecular complexity index is 1380. The van der Waals surface area contributed by atoms with Gasteiger partial charge < -0.3 is 24.6 Å². The third-order valence-corrected chi connectivity index (χ3v) is 6.95. The largest absolute Gasteiger partial charge is 0.493 e. The number of hydrogen-bond donors (Lipinski definition) is 2. The number of fused-ring (bicyclic) bond motifs is 1. The lowest BCUT2D eigenvalue weighted by atomic mass is 9.95. The SMILES string of the molecule is COc1cc(C(=O)NCC(c2cc3c(c(-c4ccc(F)c(Cl)c4)n2)OCC=C3)C2CC2)ccc1OCCO. The molecule has 1 saturated carbocycles. The van der Waals surface area contributed by atoms with Gasteiger partial charge in [-0.1, -0.05) is 17.7 Å². The molecular formula is C29H28ClFN2O5. The number of amides is 1. The Labute approximate surface area is 225 Å². The maximum Gasteiger partial charge on any atom is 0.251 e. The van der Waals surface area contributed by atoms with Crippen molar-refractivity contribution in [3.05, 3.63) is 76.2 Å². The average molecular weight is 539 g/mol. The minimum Gasteiger partial charge on any atom is -0.493 e. The monoisotopic (exact) mass is 538 g/mol. The number of aromatic nitrogens is 1. The van der Waals surface area contributed by atoms with Gasteiger partial charge in [-0.15, -0.1) is 0 Å². The van der Waals surface area contributed by atoms with Crippen molar-refractivity contribution in [3.8, 4) is 28.5 Å². The minimum atomic E-state index is -0.496. The van der Waals surface area contributed by atoms with Gasteiger partial charge in [0.2, 0.25) is 0 Å². The first-order valence-electron chi connectivity index (χ1n) is 12.5. The van der Waals surface area contributed by atoms with Gasteiger partial charge >= 0.3 is 0 Å². The van der Waals surface area contributed by atoms with E-state index in [0.717, 1.165) is 24.1 Å². The van der Waals surface area contributed by atoms with Gasteiger partial charge in [0.15, 0.2) is 17.2 Å². The fourth-order valence-corrected chi connectivity index (χ4v) is 4.77. The average Bonchev–Trinajstić information content (AvgIpc) is 3.78. The van der Waals surface area contributed by atoms with E-state index >= 15 is 0 Å². The predicted molar refractivity (Wildman–Crippen MR) is 143 cm³/mol. The van der Waals surface area contributed by atoms with E-state index in [1.54, 1.807) is 30.3 Å². The minimum absolute atomic E-state index is 0.0108. The number of ether oxygens (including phenoxy) is 3. The number of halogens is 2. The molecule has 1 aliphatic carbocycles. The van der Waals surface area contributed by atoms with Gasteiger partial charge in [-0.2, -0.15) is 0 Å². The topological polar surface area (TPSA) is 89.9 Å². The second-order valence-electron chi connectivity index (χ2n) is 9.25. The Morgan fingerprint density at radius 1 is 1.24 bits per heavy atom. The van der Waals surface area contributed by atoms with Crippen LogP contribution in [0.15, 0.2) is 48.5 Å². The zero-order chi connectivity index (χ0) is 26.6. The summed E-state index contributed by atoms with van der Waals surface area (Å²) in [5.41, 5.74) is 3.42. The van der Waals surface area contributed by atoms with Crippen LogP contribution in [0, 0.1) is 11.7 Å². The molecule has 1 aliphatic heterocycles. The number of aliphatic hydroxyl groups excluding tert-OH is 1. The summed E-state index contributed by atoms with van der Waals surface area (Å²) < 4.78 is 30.6. The van der Waals surface area contributed by atoms with Crippen LogP contribution in [0.25, 0.3) is 17.3 Å². The molecule has 7 nitrogen and oxygen atoms in total. The summed E-state index contributed by atoms with van der Waals surface area (Å²) in [6, 6.07) is 11.5. The maximum atomic E-state index is 13.9. The number of hydrogen-bond acceptors (Lipinski definition) is 6. The Morgan fingerprint density at radius 2 is 2.08 bits per heavy atom. The van der Waals surface area contributed by atoms with Crippen LogP contribution in [-0.4, -0.2) is 49.5 Å². The fraction of sp³-hybridized carbons (Fsp3) is 0.310. The number of carbonyl (C=O) groups is 1. The van der Waals surface area contributed by atoms with Crippen LogP contribution >= 0.6 is 11.6 Å². The number of carbonyl (C=O) groups excluding carboxylic acids is 1. The van der Waals surface area contributed by atoms with Crippen molar-refractivity contribution in [3.63, 3.8) is 0 Å². The van der Waals surface area contributed by atoms with E-state index in [-0.39, 0.29) is 30.1 Å². The molecule has 3 aromatic rings. The van der Waals surface area contributed by atoms with Gasteiger partial charge in [-0.25, -0.2) is 9.37 Å². The number of nitrogens with one attached hydrogen (secondary N) is 1. The summed E-state index contributed by atoms with van der Waals surface area (Å²) in [4.78, 5) is 18.0. The van der Waals surface area contributed by atoms with Crippen molar-refractivity contribution < 1.29 is 28.5 Å². The molecule has 2 aromatic carbocycles. The Morgan fingerprint density at radius 3 is 2.82 bits per heavy atom. The standard InChI is InChI=1S/C29H28ClFN2O5/c1-36-26-15-20(7-9-25(26)37-12-10-34)29(35)32-16-21(17-4-5-17)24-14-19-3-2-11-38-28(19)27(33-24)18-6-8-23(31)22(30)13-18/h2-3,6-9,13-15,17,21,34H,4-5,10-12,16H2,1H3,(H,32,35). The number of benzene rings is 2. The summed E-state index contributed by atoms with van der Waals surface area (Å²) in [5.74, 6) is 1.14. The highest BCUT2D eigenvalue weighted by atomic mass is 35.5. The molecule has 198 valence electrons. The van der Waals surface area contributed by atoms with E-state index in [9.17, 15) is 9.18 Å². The van der Waals surface area contributed by atoms with Crippen molar-refractivity contribution >= 4 is 23.6 Å². The predicted octanol–water partition coefficient (Wildman–Crippen LogP) is 5.25. The molecule has 1 fully saturated rings. The lowest BCUT2D eigenvalue weighted by molar-refractivity contribution is 0.0949. The van der Waals surface area contributed by atoms with Crippen molar-refractivity contribution in [1.29, 1.82) is 0 Å². The maximum absolute atomic E-state index is 13.9. The second kappa shape index (κ2) is 11.4. The van der Waals surface area contributed by atoms with Gasteiger partial charge in [-0.05, 0) is 67.3 Å². The number of rotatable bonds is 10. The lowest BCUT2D eigenvalue weighted by Crippen LogP contribution is -2.29. The Kier molecular flexibility index (Phi) is 7.81. The summed E-state index contributed by atoms with van der Waals surface area (Å²) in [7, 11) is 1.50. The molecule has 5 rings (SSSR count). The Hall–Kier alpha value is -3.62. The number of pyridine rings is 1. The fourth-order valence-electron chi connectivity index (χ4n) is 4.58. The molecule has 1 unspecified atom stereocenters. The second-order valence-corrected chi connectivity index (χ2v) is 9.66. The quantitative estimate of drug-likeness (QED) is 0.366. The van der Waals surface area contributed by atoms with Crippen LogP contribution in [0.4, 0.5) is 4.39 Å². The molecule has 2 heterocycles. The molecule has 0 saturated heterocycles. The van der Waals surface area contributed by atoms with Crippen molar-refractivity contribution in [2.24, 2.45) is 5.92 Å². The molecular weight excluding hydrogens is 511 g/mol. The van der Waals surface area contributed by atoms with Crippen molar-refractivity contribution in [2.45, 2.75) is 18.8 Å². The zero-order valence-electron chi connectivity index (χ0n) is 20.9. The normalized spacial score (nSPS) is 14.8.